The van der Waals surface area contributed by atoms with Gasteiger partial charge in [0.2, 0.25) is 0 Å². The molecule has 0 atom stereocenters. The first-order chi connectivity index (χ1) is 9.10. The van der Waals surface area contributed by atoms with Gasteiger partial charge in [-0.05, 0) is 34.6 Å². The van der Waals surface area contributed by atoms with Gasteiger partial charge in [-0.1, -0.05) is 0 Å². The van der Waals surface area contributed by atoms with E-state index in [1.807, 2.05) is 13.8 Å². The Bertz CT molecular complexity index is 472. The first-order valence-corrected chi connectivity index (χ1v) is 6.75. The summed E-state index contributed by atoms with van der Waals surface area (Å²) >= 11 is 0. The molecular weight excluding hydrogens is 258 g/mol. The fourth-order valence-corrected chi connectivity index (χ4v) is 1.57. The average molecular weight is 283 g/mol. The van der Waals surface area contributed by atoms with Gasteiger partial charge in [-0.15, -0.1) is 0 Å². The molecule has 0 saturated heterocycles. The number of aryl methyl sites for hydroxylation is 1. The molecule has 0 radical (unpaired) electrons. The highest BCUT2D eigenvalue weighted by Gasteiger charge is 2.35. The molecule has 1 heterocycles. The Balaban J connectivity index is 2.88. The van der Waals surface area contributed by atoms with Crippen molar-refractivity contribution >= 4 is 5.97 Å². The number of carbonyl (C=O) groups excluding carboxylic acids is 1. The number of ether oxygens (including phenoxy) is 1. The van der Waals surface area contributed by atoms with E-state index in [-0.39, 0.29) is 5.97 Å². The zero-order valence-corrected chi connectivity index (χ0v) is 13.1. The maximum absolute atomic E-state index is 11.8. The number of rotatable bonds is 6. The van der Waals surface area contributed by atoms with Gasteiger partial charge in [-0.3, -0.25) is 4.68 Å². The molecule has 0 aliphatic rings. The van der Waals surface area contributed by atoms with Crippen molar-refractivity contribution in [2.24, 2.45) is 7.05 Å². The number of carbonyl (C=O) groups is 1. The zero-order valence-electron chi connectivity index (χ0n) is 13.1. The lowest BCUT2D eigenvalue weighted by molar-refractivity contribution is -0.00561. The second kappa shape index (κ2) is 5.93. The van der Waals surface area contributed by atoms with Crippen LogP contribution in [-0.2, 0) is 18.3 Å². The maximum atomic E-state index is 11.8. The third-order valence-electron chi connectivity index (χ3n) is 3.78. The van der Waals surface area contributed by atoms with Gasteiger partial charge in [0.1, 0.15) is 5.56 Å². The third-order valence-corrected chi connectivity index (χ3v) is 3.78. The smallest absolute Gasteiger partial charge is 0.341 e. The summed E-state index contributed by atoms with van der Waals surface area (Å²) in [7, 11) is 1.77. The van der Waals surface area contributed by atoms with Gasteiger partial charge in [-0.25, -0.2) is 4.79 Å². The minimum atomic E-state index is -0.893. The van der Waals surface area contributed by atoms with Crippen LogP contribution in [0.4, 0.5) is 0 Å². The van der Waals surface area contributed by atoms with Crippen molar-refractivity contribution in [3.63, 3.8) is 0 Å². The summed E-state index contributed by atoms with van der Waals surface area (Å²) in [4.78, 5) is 11.8. The van der Waals surface area contributed by atoms with Gasteiger partial charge in [0, 0.05) is 19.1 Å². The molecule has 0 bridgehead atoms. The maximum Gasteiger partial charge on any atom is 0.341 e. The number of nitrogens with one attached hydrogen (secondary N) is 1. The van der Waals surface area contributed by atoms with Crippen LogP contribution >= 0.6 is 0 Å². The summed E-state index contributed by atoms with van der Waals surface area (Å²) in [6.07, 6.45) is 1.51. The standard InChI is InChI=1S/C14H25N3O3/c1-7-20-12(18)10-8-16-17(6)11(10)9-15-13(2,3)14(4,5)19/h8,15,19H,7,9H2,1-6H3. The number of aliphatic hydroxyl groups is 1. The second-order valence-corrected chi connectivity index (χ2v) is 5.89. The van der Waals surface area contributed by atoms with E-state index in [0.29, 0.717) is 18.7 Å². The molecule has 0 saturated carbocycles. The summed E-state index contributed by atoms with van der Waals surface area (Å²) in [5, 5.41) is 17.5. The van der Waals surface area contributed by atoms with Gasteiger partial charge >= 0.3 is 5.97 Å². The van der Waals surface area contributed by atoms with E-state index in [0.717, 1.165) is 5.69 Å². The summed E-state index contributed by atoms with van der Waals surface area (Å²) in [5.74, 6) is -0.376. The van der Waals surface area contributed by atoms with Gasteiger partial charge in [0.15, 0.2) is 0 Å². The number of aromatic nitrogens is 2. The SMILES string of the molecule is CCOC(=O)c1cnn(C)c1CNC(C)(C)C(C)(C)O. The van der Waals surface area contributed by atoms with Crippen LogP contribution in [0.2, 0.25) is 0 Å². The molecule has 2 N–H and O–H groups in total. The van der Waals surface area contributed by atoms with Gasteiger partial charge < -0.3 is 15.2 Å². The molecule has 0 aliphatic carbocycles. The van der Waals surface area contributed by atoms with Crippen molar-refractivity contribution in [2.75, 3.05) is 6.61 Å². The highest BCUT2D eigenvalue weighted by Crippen LogP contribution is 2.21. The molecule has 0 unspecified atom stereocenters. The Labute approximate surface area is 120 Å². The van der Waals surface area contributed by atoms with Crippen molar-refractivity contribution in [2.45, 2.75) is 52.3 Å². The number of hydrogen-bond donors (Lipinski definition) is 2. The van der Waals surface area contributed by atoms with Crippen molar-refractivity contribution < 1.29 is 14.6 Å². The van der Waals surface area contributed by atoms with Crippen LogP contribution in [0.3, 0.4) is 0 Å². The molecular formula is C14H25N3O3. The molecule has 6 heteroatoms. The first-order valence-electron chi connectivity index (χ1n) is 6.75. The largest absolute Gasteiger partial charge is 0.462 e. The van der Waals surface area contributed by atoms with Gasteiger partial charge in [-0.2, -0.15) is 5.10 Å². The lowest BCUT2D eigenvalue weighted by Gasteiger charge is -2.38. The lowest BCUT2D eigenvalue weighted by atomic mass is 9.86. The van der Waals surface area contributed by atoms with E-state index in [9.17, 15) is 9.90 Å². The van der Waals surface area contributed by atoms with Crippen LogP contribution in [0, 0.1) is 0 Å². The number of nitrogens with zero attached hydrogens (tertiary/aromatic N) is 2. The predicted octanol–water partition coefficient (Wildman–Crippen LogP) is 1.24. The Morgan fingerprint density at radius 3 is 2.55 bits per heavy atom. The van der Waals surface area contributed by atoms with Crippen LogP contribution in [0.5, 0.6) is 0 Å². The van der Waals surface area contributed by atoms with E-state index in [1.54, 1.807) is 32.5 Å². The molecule has 0 amide bonds. The van der Waals surface area contributed by atoms with Crippen LogP contribution in [0.1, 0.15) is 50.7 Å². The predicted molar refractivity (Wildman–Crippen MR) is 76.4 cm³/mol. The summed E-state index contributed by atoms with van der Waals surface area (Å²) in [5.41, 5.74) is -0.215. The van der Waals surface area contributed by atoms with Crippen molar-refractivity contribution in [3.8, 4) is 0 Å². The minimum absolute atomic E-state index is 0.329. The van der Waals surface area contributed by atoms with Crippen LogP contribution < -0.4 is 5.32 Å². The zero-order chi connectivity index (χ0) is 15.6. The Hall–Kier alpha value is -1.40. The highest BCUT2D eigenvalue weighted by molar-refractivity contribution is 5.90. The Morgan fingerprint density at radius 1 is 1.45 bits per heavy atom. The molecule has 0 aromatic carbocycles. The van der Waals surface area contributed by atoms with Crippen LogP contribution in [0.25, 0.3) is 0 Å². The minimum Gasteiger partial charge on any atom is -0.462 e. The Kier molecular flexibility index (Phi) is 4.94. The van der Waals surface area contributed by atoms with E-state index in [1.165, 1.54) is 6.20 Å². The molecule has 1 aromatic rings. The quantitative estimate of drug-likeness (QED) is 0.768. The van der Waals surface area contributed by atoms with E-state index in [2.05, 4.69) is 10.4 Å². The third kappa shape index (κ3) is 3.58. The molecule has 0 fully saturated rings. The fourth-order valence-electron chi connectivity index (χ4n) is 1.57. The van der Waals surface area contributed by atoms with Crippen molar-refractivity contribution in [3.05, 3.63) is 17.5 Å². The summed E-state index contributed by atoms with van der Waals surface area (Å²) < 4.78 is 6.65. The van der Waals surface area contributed by atoms with Gasteiger partial charge in [0.05, 0.1) is 24.1 Å². The van der Waals surface area contributed by atoms with Crippen molar-refractivity contribution in [1.29, 1.82) is 0 Å². The molecule has 114 valence electrons. The van der Waals surface area contributed by atoms with Crippen LogP contribution in [0.15, 0.2) is 6.20 Å². The highest BCUT2D eigenvalue weighted by atomic mass is 16.5. The summed E-state index contributed by atoms with van der Waals surface area (Å²) in [6.45, 7) is 9.83. The van der Waals surface area contributed by atoms with Gasteiger partial charge in [0.25, 0.3) is 0 Å². The number of hydrogen-bond acceptors (Lipinski definition) is 5. The van der Waals surface area contributed by atoms with Crippen LogP contribution in [-0.4, -0.2) is 38.6 Å². The topological polar surface area (TPSA) is 76.4 Å². The lowest BCUT2D eigenvalue weighted by Crippen LogP contribution is -2.55. The molecule has 1 rings (SSSR count). The van der Waals surface area contributed by atoms with E-state index >= 15 is 0 Å². The average Bonchev–Trinajstić information content (AvgIpc) is 2.67. The van der Waals surface area contributed by atoms with Crippen molar-refractivity contribution in [1.82, 2.24) is 15.1 Å². The molecule has 6 nitrogen and oxygen atoms in total. The number of esters is 1. The molecule has 0 aliphatic heterocycles. The molecule has 0 spiro atoms. The summed E-state index contributed by atoms with van der Waals surface area (Å²) in [6, 6.07) is 0. The first kappa shape index (κ1) is 16.7. The monoisotopic (exact) mass is 283 g/mol. The van der Waals surface area contributed by atoms with E-state index < -0.39 is 11.1 Å². The Morgan fingerprint density at radius 2 is 2.05 bits per heavy atom. The van der Waals surface area contributed by atoms with E-state index in [4.69, 9.17) is 4.74 Å². The molecule has 1 aromatic heterocycles. The second-order valence-electron chi connectivity index (χ2n) is 5.89. The molecule has 20 heavy (non-hydrogen) atoms. The fraction of sp³-hybridized carbons (Fsp3) is 0.714. The normalized spacial score (nSPS) is 12.6.